The molecule has 0 aliphatic rings. The minimum atomic E-state index is -1.18. The van der Waals surface area contributed by atoms with Gasteiger partial charge in [0.25, 0.3) is 0 Å². The molecule has 7 heteroatoms. The molecule has 2 N–H and O–H groups in total. The summed E-state index contributed by atoms with van der Waals surface area (Å²) in [6, 6.07) is 2.88. The van der Waals surface area contributed by atoms with Crippen LogP contribution in [-0.4, -0.2) is 33.7 Å². The number of hydrogen-bond donors (Lipinski definition) is 2. The number of aromatic nitrogens is 1. The third-order valence-corrected chi connectivity index (χ3v) is 2.87. The topological polar surface area (TPSA) is 96.7 Å². The van der Waals surface area contributed by atoms with Gasteiger partial charge in [0.2, 0.25) is 0 Å². The van der Waals surface area contributed by atoms with Crippen molar-refractivity contribution in [2.45, 2.75) is 0 Å². The van der Waals surface area contributed by atoms with E-state index in [1.807, 2.05) is 0 Å². The molecule has 88 valence electrons. The van der Waals surface area contributed by atoms with Crippen molar-refractivity contribution < 1.29 is 24.5 Å². The Morgan fingerprint density at radius 3 is 2.82 bits per heavy atom. The zero-order valence-electron chi connectivity index (χ0n) is 8.41. The van der Waals surface area contributed by atoms with Crippen LogP contribution in [0.25, 0.3) is 10.2 Å². The Morgan fingerprint density at radius 2 is 2.18 bits per heavy atom. The Morgan fingerprint density at radius 1 is 1.41 bits per heavy atom. The van der Waals surface area contributed by atoms with Crippen molar-refractivity contribution in [1.29, 1.82) is 0 Å². The molecule has 0 aromatic carbocycles. The number of carboxylic acids is 2. The second-order valence-electron chi connectivity index (χ2n) is 3.13. The third kappa shape index (κ3) is 2.34. The summed E-state index contributed by atoms with van der Waals surface area (Å²) in [5, 5.41) is 19.1. The van der Waals surface area contributed by atoms with Crippen LogP contribution in [0.15, 0.2) is 17.5 Å². The Bertz CT molecular complexity index is 591. The van der Waals surface area contributed by atoms with Crippen LogP contribution in [0.5, 0.6) is 5.75 Å². The molecule has 17 heavy (non-hydrogen) atoms. The first-order valence-electron chi connectivity index (χ1n) is 4.54. The first-order chi connectivity index (χ1) is 8.08. The van der Waals surface area contributed by atoms with Gasteiger partial charge in [-0.2, -0.15) is 0 Å². The predicted molar refractivity (Wildman–Crippen MR) is 59.7 cm³/mol. The summed E-state index contributed by atoms with van der Waals surface area (Å²) in [4.78, 5) is 25.1. The van der Waals surface area contributed by atoms with Gasteiger partial charge in [0, 0.05) is 6.07 Å². The van der Waals surface area contributed by atoms with Gasteiger partial charge in [-0.15, -0.1) is 11.3 Å². The van der Waals surface area contributed by atoms with Gasteiger partial charge in [-0.05, 0) is 11.4 Å². The number of carbonyl (C=O) groups is 2. The minimum Gasteiger partial charge on any atom is -0.480 e. The lowest BCUT2D eigenvalue weighted by atomic mass is 10.3. The molecular formula is C10H7NO5S. The lowest BCUT2D eigenvalue weighted by Crippen LogP contribution is -2.10. The summed E-state index contributed by atoms with van der Waals surface area (Å²) in [5.41, 5.74) is 0.312. The van der Waals surface area contributed by atoms with Crippen molar-refractivity contribution in [2.24, 2.45) is 0 Å². The Labute approximate surface area is 99.1 Å². The van der Waals surface area contributed by atoms with Crippen LogP contribution in [0.4, 0.5) is 0 Å². The van der Waals surface area contributed by atoms with E-state index in [1.165, 1.54) is 17.4 Å². The lowest BCUT2D eigenvalue weighted by Gasteiger charge is -2.05. The van der Waals surface area contributed by atoms with E-state index in [-0.39, 0.29) is 11.4 Å². The van der Waals surface area contributed by atoms with E-state index in [1.54, 1.807) is 11.4 Å². The van der Waals surface area contributed by atoms with Crippen molar-refractivity contribution in [3.8, 4) is 5.75 Å². The molecule has 2 rings (SSSR count). The van der Waals surface area contributed by atoms with Gasteiger partial charge in [0.15, 0.2) is 12.3 Å². The number of fused-ring (bicyclic) bond motifs is 1. The molecule has 2 heterocycles. The summed E-state index contributed by atoms with van der Waals surface area (Å²) in [6.45, 7) is -0.518. The van der Waals surface area contributed by atoms with Crippen molar-refractivity contribution >= 4 is 33.5 Å². The molecule has 0 fully saturated rings. The fourth-order valence-corrected chi connectivity index (χ4v) is 2.08. The van der Waals surface area contributed by atoms with Crippen molar-refractivity contribution in [3.05, 3.63) is 23.2 Å². The first kappa shape index (κ1) is 11.3. The molecule has 0 amide bonds. The van der Waals surface area contributed by atoms with E-state index in [4.69, 9.17) is 14.9 Å². The number of rotatable bonds is 4. The van der Waals surface area contributed by atoms with Crippen molar-refractivity contribution in [1.82, 2.24) is 4.98 Å². The SMILES string of the molecule is O=C(O)COc1cc(C(=O)O)nc2ccsc12. The van der Waals surface area contributed by atoms with Crippen LogP contribution < -0.4 is 4.74 Å². The standard InChI is InChI=1S/C10H7NO5S/c12-8(13)4-16-7-3-6(10(14)15)11-5-1-2-17-9(5)7/h1-3H,4H2,(H,12,13)(H,14,15). The number of ether oxygens (including phenoxy) is 1. The van der Waals surface area contributed by atoms with E-state index < -0.39 is 18.5 Å². The Balaban J connectivity index is 2.46. The third-order valence-electron chi connectivity index (χ3n) is 1.95. The molecule has 0 atom stereocenters. The normalized spacial score (nSPS) is 10.4. The molecule has 0 aliphatic heterocycles. The van der Waals surface area contributed by atoms with Crippen LogP contribution in [0.3, 0.4) is 0 Å². The van der Waals surface area contributed by atoms with Gasteiger partial charge in [-0.3, -0.25) is 0 Å². The van der Waals surface area contributed by atoms with Gasteiger partial charge in [0.05, 0.1) is 10.2 Å². The number of aliphatic carboxylic acids is 1. The fraction of sp³-hybridized carbons (Fsp3) is 0.100. The zero-order valence-corrected chi connectivity index (χ0v) is 9.23. The van der Waals surface area contributed by atoms with Gasteiger partial charge in [-0.25, -0.2) is 14.6 Å². The van der Waals surface area contributed by atoms with Crippen LogP contribution >= 0.6 is 11.3 Å². The lowest BCUT2D eigenvalue weighted by molar-refractivity contribution is -0.139. The molecule has 2 aromatic rings. The summed E-state index contributed by atoms with van der Waals surface area (Å²) < 4.78 is 5.67. The number of aromatic carboxylic acids is 1. The Kier molecular flexibility index (Phi) is 2.92. The molecule has 0 spiro atoms. The molecule has 6 nitrogen and oxygen atoms in total. The molecular weight excluding hydrogens is 246 g/mol. The first-order valence-corrected chi connectivity index (χ1v) is 5.42. The second kappa shape index (κ2) is 4.38. The summed E-state index contributed by atoms with van der Waals surface area (Å²) >= 11 is 1.31. The monoisotopic (exact) mass is 253 g/mol. The maximum Gasteiger partial charge on any atom is 0.354 e. The fourth-order valence-electron chi connectivity index (χ4n) is 1.28. The molecule has 0 bridgehead atoms. The van der Waals surface area contributed by atoms with Gasteiger partial charge in [-0.1, -0.05) is 0 Å². The summed E-state index contributed by atoms with van der Waals surface area (Å²) in [7, 11) is 0. The molecule has 0 aliphatic carbocycles. The molecule has 0 radical (unpaired) electrons. The van der Waals surface area contributed by atoms with E-state index >= 15 is 0 Å². The molecule has 2 aromatic heterocycles. The second-order valence-corrected chi connectivity index (χ2v) is 4.04. The molecule has 0 unspecified atom stereocenters. The molecule has 0 saturated heterocycles. The summed E-state index contributed by atoms with van der Waals surface area (Å²) in [6.07, 6.45) is 0. The van der Waals surface area contributed by atoms with Crippen LogP contribution in [0.1, 0.15) is 10.5 Å². The average molecular weight is 253 g/mol. The number of hydrogen-bond acceptors (Lipinski definition) is 5. The van der Waals surface area contributed by atoms with E-state index in [9.17, 15) is 9.59 Å². The maximum atomic E-state index is 10.8. The Hall–Kier alpha value is -2.15. The number of nitrogens with zero attached hydrogens (tertiary/aromatic N) is 1. The van der Waals surface area contributed by atoms with Crippen molar-refractivity contribution in [2.75, 3.05) is 6.61 Å². The van der Waals surface area contributed by atoms with Crippen LogP contribution in [0, 0.1) is 0 Å². The highest BCUT2D eigenvalue weighted by Gasteiger charge is 2.13. The highest BCUT2D eigenvalue weighted by molar-refractivity contribution is 7.17. The average Bonchev–Trinajstić information content (AvgIpc) is 2.73. The van der Waals surface area contributed by atoms with Crippen LogP contribution in [0.2, 0.25) is 0 Å². The van der Waals surface area contributed by atoms with Crippen LogP contribution in [-0.2, 0) is 4.79 Å². The van der Waals surface area contributed by atoms with Crippen molar-refractivity contribution in [3.63, 3.8) is 0 Å². The number of thiophene rings is 1. The molecule has 0 saturated carbocycles. The van der Waals surface area contributed by atoms with E-state index in [2.05, 4.69) is 4.98 Å². The van der Waals surface area contributed by atoms with Gasteiger partial charge < -0.3 is 14.9 Å². The predicted octanol–water partition coefficient (Wildman–Crippen LogP) is 1.46. The largest absolute Gasteiger partial charge is 0.480 e. The zero-order chi connectivity index (χ0) is 12.4. The highest BCUT2D eigenvalue weighted by Crippen LogP contribution is 2.30. The minimum absolute atomic E-state index is 0.170. The van der Waals surface area contributed by atoms with E-state index in [0.717, 1.165) is 0 Å². The van der Waals surface area contributed by atoms with Gasteiger partial charge >= 0.3 is 11.9 Å². The smallest absolute Gasteiger partial charge is 0.354 e. The number of pyridine rings is 1. The number of carboxylic acid groups (broad SMARTS) is 2. The van der Waals surface area contributed by atoms with Gasteiger partial charge in [0.1, 0.15) is 5.75 Å². The summed E-state index contributed by atoms with van der Waals surface area (Å²) in [5.74, 6) is -2.08. The maximum absolute atomic E-state index is 10.8. The van der Waals surface area contributed by atoms with E-state index in [0.29, 0.717) is 10.2 Å². The quantitative estimate of drug-likeness (QED) is 0.856. The highest BCUT2D eigenvalue weighted by atomic mass is 32.1.